The third kappa shape index (κ3) is 4.50. The van der Waals surface area contributed by atoms with E-state index in [0.29, 0.717) is 31.0 Å². The Bertz CT molecular complexity index is 1100. The quantitative estimate of drug-likeness (QED) is 0.591. The molecule has 1 aliphatic heterocycles. The monoisotopic (exact) mass is 422 g/mol. The summed E-state index contributed by atoms with van der Waals surface area (Å²) in [6.45, 7) is 0.797. The zero-order valence-electron chi connectivity index (χ0n) is 17.8. The number of aryl methyl sites for hydroxylation is 1. The van der Waals surface area contributed by atoms with E-state index in [0.717, 1.165) is 34.0 Å². The summed E-state index contributed by atoms with van der Waals surface area (Å²) in [5, 5.41) is 1.10. The van der Waals surface area contributed by atoms with Crippen LogP contribution in [0.15, 0.2) is 42.6 Å². The van der Waals surface area contributed by atoms with E-state index in [4.69, 9.17) is 14.2 Å². The second-order valence-electron chi connectivity index (χ2n) is 7.56. The summed E-state index contributed by atoms with van der Waals surface area (Å²) in [4.78, 5) is 29.7. The summed E-state index contributed by atoms with van der Waals surface area (Å²) in [5.41, 5.74) is 4.26. The van der Waals surface area contributed by atoms with Crippen LogP contribution >= 0.6 is 0 Å². The highest BCUT2D eigenvalue weighted by molar-refractivity contribution is 5.84. The van der Waals surface area contributed by atoms with Gasteiger partial charge in [-0.3, -0.25) is 9.59 Å². The van der Waals surface area contributed by atoms with Gasteiger partial charge in [-0.2, -0.15) is 0 Å². The van der Waals surface area contributed by atoms with Crippen LogP contribution in [0.5, 0.6) is 11.5 Å². The Labute approximate surface area is 180 Å². The molecule has 4 rings (SSSR count). The first kappa shape index (κ1) is 20.8. The van der Waals surface area contributed by atoms with Crippen LogP contribution in [-0.2, 0) is 33.7 Å². The predicted molar refractivity (Wildman–Crippen MR) is 116 cm³/mol. The van der Waals surface area contributed by atoms with E-state index in [1.54, 1.807) is 19.1 Å². The summed E-state index contributed by atoms with van der Waals surface area (Å²) in [7, 11) is 3.20. The van der Waals surface area contributed by atoms with E-state index in [9.17, 15) is 9.59 Å². The minimum absolute atomic E-state index is 0.194. The zero-order valence-corrected chi connectivity index (χ0v) is 17.8. The molecule has 3 aromatic rings. The van der Waals surface area contributed by atoms with Crippen molar-refractivity contribution in [1.29, 1.82) is 0 Å². The molecule has 0 spiro atoms. The van der Waals surface area contributed by atoms with Gasteiger partial charge in [-0.15, -0.1) is 0 Å². The van der Waals surface area contributed by atoms with Gasteiger partial charge in [0.05, 0.1) is 14.2 Å². The number of benzene rings is 2. The highest BCUT2D eigenvalue weighted by atomic mass is 16.5. The van der Waals surface area contributed by atoms with E-state index in [1.165, 1.54) is 0 Å². The van der Waals surface area contributed by atoms with Crippen LogP contribution in [0.4, 0.5) is 0 Å². The van der Waals surface area contributed by atoms with E-state index < -0.39 is 0 Å². The number of ether oxygens (including phenoxy) is 3. The average Bonchev–Trinajstić information content (AvgIpc) is 3.22. The van der Waals surface area contributed by atoms with E-state index >= 15 is 0 Å². The summed E-state index contributed by atoms with van der Waals surface area (Å²) in [6.07, 6.45) is 3.43. The number of nitrogens with zero attached hydrogens (tertiary/aromatic N) is 1. The van der Waals surface area contributed by atoms with Crippen LogP contribution in [0, 0.1) is 0 Å². The maximum absolute atomic E-state index is 12.6. The molecule has 1 aliphatic rings. The first-order chi connectivity index (χ1) is 15.1. The van der Waals surface area contributed by atoms with E-state index in [-0.39, 0.29) is 24.9 Å². The van der Waals surface area contributed by atoms with Crippen molar-refractivity contribution in [2.45, 2.75) is 25.8 Å². The molecular weight excluding hydrogens is 396 g/mol. The Morgan fingerprint density at radius 3 is 2.58 bits per heavy atom. The molecule has 1 amide bonds. The molecule has 2 heterocycles. The van der Waals surface area contributed by atoms with Gasteiger partial charge < -0.3 is 24.1 Å². The van der Waals surface area contributed by atoms with Gasteiger partial charge in [-0.1, -0.05) is 18.2 Å². The highest BCUT2D eigenvalue weighted by Gasteiger charge is 2.23. The summed E-state index contributed by atoms with van der Waals surface area (Å²) >= 11 is 0. The van der Waals surface area contributed by atoms with Gasteiger partial charge in [0, 0.05) is 36.6 Å². The third-order valence-electron chi connectivity index (χ3n) is 5.70. The van der Waals surface area contributed by atoms with Crippen molar-refractivity contribution < 1.29 is 23.8 Å². The van der Waals surface area contributed by atoms with Crippen LogP contribution in [0.3, 0.4) is 0 Å². The molecule has 31 heavy (non-hydrogen) atoms. The maximum atomic E-state index is 12.6. The molecule has 0 unspecified atom stereocenters. The number of aromatic amines is 1. The van der Waals surface area contributed by atoms with Gasteiger partial charge in [0.15, 0.2) is 18.1 Å². The number of methoxy groups -OCH3 is 2. The minimum atomic E-state index is -0.373. The fraction of sp³-hybridized carbons (Fsp3) is 0.333. The van der Waals surface area contributed by atoms with Gasteiger partial charge in [0.25, 0.3) is 5.91 Å². The maximum Gasteiger partial charge on any atom is 0.306 e. The molecule has 0 atom stereocenters. The Morgan fingerprint density at radius 1 is 1.06 bits per heavy atom. The van der Waals surface area contributed by atoms with Crippen molar-refractivity contribution in [3.63, 3.8) is 0 Å². The Balaban J connectivity index is 1.29. The Kier molecular flexibility index (Phi) is 6.11. The standard InChI is InChI=1S/C24H26N2O5/c1-29-21-11-16-9-10-26(14-18(16)12-22(21)30-2)23(27)15-31-24(28)8-7-17-13-25-20-6-4-3-5-19(17)20/h3-6,11-13,25H,7-10,14-15H2,1-2H3. The van der Waals surface area contributed by atoms with Crippen LogP contribution in [0.25, 0.3) is 10.9 Å². The number of esters is 1. The van der Waals surface area contributed by atoms with Gasteiger partial charge in [-0.25, -0.2) is 0 Å². The number of nitrogens with one attached hydrogen (secondary N) is 1. The second-order valence-corrected chi connectivity index (χ2v) is 7.56. The van der Waals surface area contributed by atoms with Crippen LogP contribution in [0.2, 0.25) is 0 Å². The molecule has 162 valence electrons. The van der Waals surface area contributed by atoms with Crippen LogP contribution in [-0.4, -0.2) is 49.1 Å². The molecule has 7 heteroatoms. The first-order valence-electron chi connectivity index (χ1n) is 10.3. The van der Waals surface area contributed by atoms with E-state index in [1.807, 2.05) is 42.6 Å². The number of rotatable bonds is 7. The van der Waals surface area contributed by atoms with Gasteiger partial charge in [0.2, 0.25) is 0 Å². The average molecular weight is 422 g/mol. The Hall–Kier alpha value is -3.48. The molecule has 7 nitrogen and oxygen atoms in total. The van der Waals surface area contributed by atoms with Crippen molar-refractivity contribution in [3.8, 4) is 11.5 Å². The molecule has 0 saturated heterocycles. The van der Waals surface area contributed by atoms with Crippen molar-refractivity contribution in [3.05, 3.63) is 59.3 Å². The molecule has 0 saturated carbocycles. The number of carbonyl (C=O) groups is 2. The molecule has 0 radical (unpaired) electrons. The number of fused-ring (bicyclic) bond motifs is 2. The summed E-state index contributed by atoms with van der Waals surface area (Å²) in [6, 6.07) is 11.8. The lowest BCUT2D eigenvalue weighted by atomic mass is 9.99. The molecular formula is C24H26N2O5. The van der Waals surface area contributed by atoms with Gasteiger partial charge >= 0.3 is 5.97 Å². The second kappa shape index (κ2) is 9.12. The normalized spacial score (nSPS) is 13.0. The van der Waals surface area contributed by atoms with Crippen LogP contribution in [0.1, 0.15) is 23.1 Å². The fourth-order valence-corrected chi connectivity index (χ4v) is 3.98. The number of hydrogen-bond acceptors (Lipinski definition) is 5. The predicted octanol–water partition coefficient (Wildman–Crippen LogP) is 3.25. The lowest BCUT2D eigenvalue weighted by Crippen LogP contribution is -2.38. The van der Waals surface area contributed by atoms with Crippen molar-refractivity contribution in [1.82, 2.24) is 9.88 Å². The SMILES string of the molecule is COc1cc2c(cc1OC)CN(C(=O)COC(=O)CCc1c[nH]c3ccccc13)CC2. The molecule has 1 aromatic heterocycles. The number of para-hydroxylation sites is 1. The number of hydrogen-bond donors (Lipinski definition) is 1. The Morgan fingerprint density at radius 2 is 1.81 bits per heavy atom. The zero-order chi connectivity index (χ0) is 21.8. The highest BCUT2D eigenvalue weighted by Crippen LogP contribution is 2.33. The summed E-state index contributed by atoms with van der Waals surface area (Å²) in [5.74, 6) is 0.757. The number of H-pyrrole nitrogens is 1. The van der Waals surface area contributed by atoms with Crippen LogP contribution < -0.4 is 9.47 Å². The third-order valence-corrected chi connectivity index (χ3v) is 5.70. The number of amides is 1. The first-order valence-corrected chi connectivity index (χ1v) is 10.3. The lowest BCUT2D eigenvalue weighted by Gasteiger charge is -2.29. The fourth-order valence-electron chi connectivity index (χ4n) is 3.98. The molecule has 0 aliphatic carbocycles. The number of aromatic nitrogens is 1. The molecule has 0 fully saturated rings. The molecule has 2 aromatic carbocycles. The smallest absolute Gasteiger partial charge is 0.306 e. The number of carbonyl (C=O) groups excluding carboxylic acids is 2. The van der Waals surface area contributed by atoms with Crippen molar-refractivity contribution in [2.75, 3.05) is 27.4 Å². The van der Waals surface area contributed by atoms with Gasteiger partial charge in [0.1, 0.15) is 0 Å². The van der Waals surface area contributed by atoms with Crippen molar-refractivity contribution in [2.24, 2.45) is 0 Å². The van der Waals surface area contributed by atoms with E-state index in [2.05, 4.69) is 4.98 Å². The lowest BCUT2D eigenvalue weighted by molar-refractivity contribution is -0.152. The molecule has 1 N–H and O–H groups in total. The minimum Gasteiger partial charge on any atom is -0.493 e. The molecule has 0 bridgehead atoms. The topological polar surface area (TPSA) is 80.9 Å². The van der Waals surface area contributed by atoms with Gasteiger partial charge in [-0.05, 0) is 47.7 Å². The largest absolute Gasteiger partial charge is 0.493 e. The van der Waals surface area contributed by atoms with Crippen molar-refractivity contribution >= 4 is 22.8 Å². The summed E-state index contributed by atoms with van der Waals surface area (Å²) < 4.78 is 16.0.